The summed E-state index contributed by atoms with van der Waals surface area (Å²) in [6.07, 6.45) is 4.37. The average molecular weight is 231 g/mol. The highest BCUT2D eigenvalue weighted by molar-refractivity contribution is 5.46. The highest BCUT2D eigenvalue weighted by Gasteiger charge is 2.29. The molecule has 3 heterocycles. The first-order chi connectivity index (χ1) is 8.40. The van der Waals surface area contributed by atoms with E-state index in [1.807, 2.05) is 6.20 Å². The Hall–Kier alpha value is -1.69. The van der Waals surface area contributed by atoms with Crippen LogP contribution in [0.5, 0.6) is 0 Å². The molecule has 4 rings (SSSR count). The molecule has 0 aromatic carbocycles. The van der Waals surface area contributed by atoms with Gasteiger partial charge in [-0.3, -0.25) is 0 Å². The number of nitrogens with zero attached hydrogens (tertiary/aromatic N) is 4. The molecular weight excluding hydrogens is 218 g/mol. The highest BCUT2D eigenvalue weighted by Crippen LogP contribution is 2.38. The Morgan fingerprint density at radius 1 is 1.35 bits per heavy atom. The number of rotatable bonds is 2. The maximum Gasteiger partial charge on any atom is 0.278 e. The lowest BCUT2D eigenvalue weighted by molar-refractivity contribution is 0.421. The van der Waals surface area contributed by atoms with Crippen molar-refractivity contribution in [1.29, 1.82) is 0 Å². The van der Waals surface area contributed by atoms with Crippen molar-refractivity contribution in [3.63, 3.8) is 0 Å². The zero-order chi connectivity index (χ0) is 11.2. The largest absolute Gasteiger partial charge is 0.332 e. The van der Waals surface area contributed by atoms with Gasteiger partial charge in [-0.1, -0.05) is 5.16 Å². The molecule has 6 heteroatoms. The monoisotopic (exact) mass is 231 g/mol. The summed E-state index contributed by atoms with van der Waals surface area (Å²) in [6.45, 7) is 2.75. The molecule has 0 amide bonds. The summed E-state index contributed by atoms with van der Waals surface area (Å²) < 4.78 is 7.42. The van der Waals surface area contributed by atoms with Gasteiger partial charge in [0.25, 0.3) is 5.89 Å². The summed E-state index contributed by atoms with van der Waals surface area (Å²) in [4.78, 5) is 8.93. The molecule has 88 valence electrons. The predicted molar refractivity (Wildman–Crippen MR) is 59.2 cm³/mol. The fourth-order valence-electron chi connectivity index (χ4n) is 2.14. The zero-order valence-corrected chi connectivity index (χ0v) is 9.39. The highest BCUT2D eigenvalue weighted by atomic mass is 16.5. The first-order valence-corrected chi connectivity index (χ1v) is 6.01. The quantitative estimate of drug-likeness (QED) is 0.832. The van der Waals surface area contributed by atoms with Crippen LogP contribution in [-0.4, -0.2) is 26.2 Å². The third-order valence-electron chi connectivity index (χ3n) is 3.28. The van der Waals surface area contributed by atoms with Crippen molar-refractivity contribution in [2.24, 2.45) is 0 Å². The molecule has 1 N–H and O–H groups in total. The van der Waals surface area contributed by atoms with Crippen molar-refractivity contribution in [1.82, 2.24) is 25.0 Å². The Balaban J connectivity index is 1.69. The van der Waals surface area contributed by atoms with Crippen molar-refractivity contribution in [2.75, 3.05) is 6.54 Å². The molecule has 1 aliphatic carbocycles. The molecule has 0 radical (unpaired) electrons. The van der Waals surface area contributed by atoms with Crippen LogP contribution in [0.15, 0.2) is 10.7 Å². The number of fused-ring (bicyclic) bond motifs is 1. The molecule has 0 bridgehead atoms. The standard InChI is InChI=1S/C11H13N5O/c1-2-7(1)10-14-11(17-15-10)8-6-16-4-3-12-5-9(16)13-8/h6-7,12H,1-5H2. The maximum absolute atomic E-state index is 5.27. The van der Waals surface area contributed by atoms with E-state index in [1.54, 1.807) is 0 Å². The van der Waals surface area contributed by atoms with E-state index in [4.69, 9.17) is 4.52 Å². The molecule has 1 aliphatic heterocycles. The van der Waals surface area contributed by atoms with Gasteiger partial charge < -0.3 is 14.4 Å². The minimum Gasteiger partial charge on any atom is -0.332 e. The van der Waals surface area contributed by atoms with Gasteiger partial charge in [0.15, 0.2) is 5.82 Å². The molecule has 0 unspecified atom stereocenters. The third-order valence-corrected chi connectivity index (χ3v) is 3.28. The first kappa shape index (κ1) is 9.35. The van der Waals surface area contributed by atoms with Crippen LogP contribution in [0.2, 0.25) is 0 Å². The predicted octanol–water partition coefficient (Wildman–Crippen LogP) is 0.914. The van der Waals surface area contributed by atoms with E-state index in [0.717, 1.165) is 37.0 Å². The van der Waals surface area contributed by atoms with Crippen molar-refractivity contribution in [2.45, 2.75) is 31.8 Å². The van der Waals surface area contributed by atoms with Gasteiger partial charge in [0.05, 0.1) is 6.54 Å². The van der Waals surface area contributed by atoms with E-state index in [9.17, 15) is 0 Å². The van der Waals surface area contributed by atoms with E-state index in [0.29, 0.717) is 11.8 Å². The Morgan fingerprint density at radius 2 is 2.29 bits per heavy atom. The molecule has 17 heavy (non-hydrogen) atoms. The maximum atomic E-state index is 5.27. The second kappa shape index (κ2) is 3.40. The van der Waals surface area contributed by atoms with Gasteiger partial charge in [0.1, 0.15) is 11.5 Å². The number of imidazole rings is 1. The second-order valence-corrected chi connectivity index (χ2v) is 4.64. The normalized spacial score (nSPS) is 19.3. The van der Waals surface area contributed by atoms with Crippen LogP contribution in [0.1, 0.15) is 30.4 Å². The summed E-state index contributed by atoms with van der Waals surface area (Å²) in [5.41, 5.74) is 0.795. The first-order valence-electron chi connectivity index (χ1n) is 6.01. The molecule has 6 nitrogen and oxygen atoms in total. The molecule has 2 aliphatic rings. The SMILES string of the molecule is c1c(-c2nc(C3CC3)no2)nc2n1CCNC2. The van der Waals surface area contributed by atoms with Gasteiger partial charge in [0, 0.05) is 25.2 Å². The Morgan fingerprint density at radius 3 is 3.12 bits per heavy atom. The molecular formula is C11H13N5O. The van der Waals surface area contributed by atoms with Crippen molar-refractivity contribution >= 4 is 0 Å². The molecule has 2 aromatic heterocycles. The minimum atomic E-state index is 0.520. The van der Waals surface area contributed by atoms with Crippen LogP contribution in [0.4, 0.5) is 0 Å². The summed E-state index contributed by atoms with van der Waals surface area (Å²) in [5, 5.41) is 7.30. The number of nitrogens with one attached hydrogen (secondary N) is 1. The van der Waals surface area contributed by atoms with Gasteiger partial charge >= 0.3 is 0 Å². The van der Waals surface area contributed by atoms with Crippen LogP contribution in [0.25, 0.3) is 11.6 Å². The van der Waals surface area contributed by atoms with Gasteiger partial charge in [-0.25, -0.2) is 4.98 Å². The molecule has 1 fully saturated rings. The van der Waals surface area contributed by atoms with Gasteiger partial charge in [-0.2, -0.15) is 4.98 Å². The van der Waals surface area contributed by atoms with Gasteiger partial charge in [-0.05, 0) is 12.8 Å². The molecule has 0 saturated heterocycles. The van der Waals surface area contributed by atoms with E-state index >= 15 is 0 Å². The van der Waals surface area contributed by atoms with E-state index in [2.05, 4.69) is 25.0 Å². The fraction of sp³-hybridized carbons (Fsp3) is 0.545. The molecule has 0 spiro atoms. The van der Waals surface area contributed by atoms with Crippen LogP contribution in [-0.2, 0) is 13.1 Å². The topological polar surface area (TPSA) is 68.8 Å². The lowest BCUT2D eigenvalue weighted by Crippen LogP contribution is -2.27. The molecule has 0 atom stereocenters. The number of hydrogen-bond acceptors (Lipinski definition) is 5. The Labute approximate surface area is 98.0 Å². The Bertz CT molecular complexity index is 530. The van der Waals surface area contributed by atoms with Crippen molar-refractivity contribution in [3.05, 3.63) is 17.8 Å². The summed E-state index contributed by atoms with van der Waals surface area (Å²) in [7, 11) is 0. The minimum absolute atomic E-state index is 0.520. The Kier molecular flexibility index (Phi) is 1.87. The zero-order valence-electron chi connectivity index (χ0n) is 9.39. The van der Waals surface area contributed by atoms with Gasteiger partial charge in [-0.15, -0.1) is 0 Å². The van der Waals surface area contributed by atoms with Gasteiger partial charge in [0.2, 0.25) is 0 Å². The van der Waals surface area contributed by atoms with Crippen molar-refractivity contribution < 1.29 is 4.52 Å². The lowest BCUT2D eigenvalue weighted by Gasteiger charge is -2.13. The summed E-state index contributed by atoms with van der Waals surface area (Å²) in [5.74, 6) is 2.95. The third kappa shape index (κ3) is 1.56. The van der Waals surface area contributed by atoms with Crippen LogP contribution in [0, 0.1) is 0 Å². The fourth-order valence-corrected chi connectivity index (χ4v) is 2.14. The van der Waals surface area contributed by atoms with E-state index in [-0.39, 0.29) is 0 Å². The van der Waals surface area contributed by atoms with Crippen LogP contribution < -0.4 is 5.32 Å². The average Bonchev–Trinajstić information content (AvgIpc) is 2.94. The lowest BCUT2D eigenvalue weighted by atomic mass is 10.4. The van der Waals surface area contributed by atoms with Crippen LogP contribution >= 0.6 is 0 Å². The molecule has 1 saturated carbocycles. The summed E-state index contributed by atoms with van der Waals surface area (Å²) in [6, 6.07) is 0. The number of hydrogen-bond donors (Lipinski definition) is 1. The summed E-state index contributed by atoms with van der Waals surface area (Å²) >= 11 is 0. The smallest absolute Gasteiger partial charge is 0.278 e. The molecule has 2 aromatic rings. The number of aromatic nitrogens is 4. The van der Waals surface area contributed by atoms with E-state index in [1.165, 1.54) is 12.8 Å². The second-order valence-electron chi connectivity index (χ2n) is 4.64. The van der Waals surface area contributed by atoms with Crippen molar-refractivity contribution in [3.8, 4) is 11.6 Å². The van der Waals surface area contributed by atoms with Crippen LogP contribution in [0.3, 0.4) is 0 Å². The van der Waals surface area contributed by atoms with E-state index < -0.39 is 0 Å².